The first-order valence-corrected chi connectivity index (χ1v) is 9.08. The Morgan fingerprint density at radius 2 is 2.00 bits per heavy atom. The van der Waals surface area contributed by atoms with E-state index in [1.54, 1.807) is 0 Å². The van der Waals surface area contributed by atoms with E-state index in [0.29, 0.717) is 25.1 Å². The standard InChI is InChI=1S/C19H28N2O3/c1-14-4-2-3-5-18(14)21-19(22)12-20-15-6-8-16(9-7-15)24-17-10-11-23-13-17/h6-9,14,17-18,20H,2-5,10-13H2,1H3,(H,21,22)/t14-,17-,18-/m1/s1. The third-order valence-electron chi connectivity index (χ3n) is 4.96. The summed E-state index contributed by atoms with van der Waals surface area (Å²) in [5.41, 5.74) is 0.928. The number of carbonyl (C=O) groups excluding carboxylic acids is 1. The molecule has 2 fully saturated rings. The monoisotopic (exact) mass is 332 g/mol. The van der Waals surface area contributed by atoms with Crippen LogP contribution in [0.5, 0.6) is 5.75 Å². The zero-order valence-corrected chi connectivity index (χ0v) is 14.4. The fraction of sp³-hybridized carbons (Fsp3) is 0.632. The second-order valence-electron chi connectivity index (χ2n) is 6.92. The molecule has 2 aliphatic rings. The predicted molar refractivity (Wildman–Crippen MR) is 94.3 cm³/mol. The van der Waals surface area contributed by atoms with E-state index in [1.165, 1.54) is 19.3 Å². The van der Waals surface area contributed by atoms with Gasteiger partial charge in [0.25, 0.3) is 0 Å². The van der Waals surface area contributed by atoms with Gasteiger partial charge < -0.3 is 20.1 Å². The van der Waals surface area contributed by atoms with Crippen molar-refractivity contribution in [3.8, 4) is 5.75 Å². The maximum absolute atomic E-state index is 12.1. The van der Waals surface area contributed by atoms with Gasteiger partial charge in [0.1, 0.15) is 11.9 Å². The van der Waals surface area contributed by atoms with E-state index in [-0.39, 0.29) is 12.0 Å². The molecule has 1 amide bonds. The molecule has 3 rings (SSSR count). The Balaban J connectivity index is 1.41. The summed E-state index contributed by atoms with van der Waals surface area (Å²) in [5.74, 6) is 1.49. The molecule has 1 aliphatic heterocycles. The number of nitrogens with one attached hydrogen (secondary N) is 2. The van der Waals surface area contributed by atoms with Crippen molar-refractivity contribution >= 4 is 11.6 Å². The van der Waals surface area contributed by atoms with Gasteiger partial charge in [0, 0.05) is 18.2 Å². The number of amides is 1. The third-order valence-corrected chi connectivity index (χ3v) is 4.96. The normalized spacial score (nSPS) is 26.8. The van der Waals surface area contributed by atoms with Crippen LogP contribution in [-0.4, -0.2) is 37.8 Å². The number of carbonyl (C=O) groups is 1. The van der Waals surface area contributed by atoms with Crippen molar-refractivity contribution in [2.24, 2.45) is 5.92 Å². The largest absolute Gasteiger partial charge is 0.488 e. The van der Waals surface area contributed by atoms with Crippen LogP contribution in [0.15, 0.2) is 24.3 Å². The van der Waals surface area contributed by atoms with E-state index in [2.05, 4.69) is 17.6 Å². The Labute approximate surface area is 144 Å². The minimum Gasteiger partial charge on any atom is -0.488 e. The molecule has 1 saturated heterocycles. The smallest absolute Gasteiger partial charge is 0.239 e. The van der Waals surface area contributed by atoms with Crippen LogP contribution in [-0.2, 0) is 9.53 Å². The zero-order chi connectivity index (χ0) is 16.8. The Hall–Kier alpha value is -1.75. The Kier molecular flexibility index (Phi) is 5.96. The van der Waals surface area contributed by atoms with E-state index in [9.17, 15) is 4.79 Å². The van der Waals surface area contributed by atoms with Crippen molar-refractivity contribution in [1.29, 1.82) is 0 Å². The molecular formula is C19H28N2O3. The van der Waals surface area contributed by atoms with Crippen LogP contribution < -0.4 is 15.4 Å². The molecule has 5 heteroatoms. The lowest BCUT2D eigenvalue weighted by Gasteiger charge is -2.29. The van der Waals surface area contributed by atoms with Crippen LogP contribution in [0.2, 0.25) is 0 Å². The van der Waals surface area contributed by atoms with E-state index >= 15 is 0 Å². The molecular weight excluding hydrogens is 304 g/mol. The molecule has 2 N–H and O–H groups in total. The zero-order valence-electron chi connectivity index (χ0n) is 14.4. The van der Waals surface area contributed by atoms with Gasteiger partial charge in [-0.15, -0.1) is 0 Å². The molecule has 24 heavy (non-hydrogen) atoms. The molecule has 1 saturated carbocycles. The summed E-state index contributed by atoms with van der Waals surface area (Å²) in [6, 6.07) is 8.09. The van der Waals surface area contributed by atoms with E-state index in [0.717, 1.165) is 30.9 Å². The Morgan fingerprint density at radius 3 is 2.71 bits per heavy atom. The average molecular weight is 332 g/mol. The summed E-state index contributed by atoms with van der Waals surface area (Å²) in [6.07, 6.45) is 5.92. The maximum Gasteiger partial charge on any atom is 0.239 e. The SMILES string of the molecule is C[C@@H]1CCCC[C@H]1NC(=O)CNc1ccc(O[C@@H]2CCOC2)cc1. The molecule has 0 aromatic heterocycles. The lowest BCUT2D eigenvalue weighted by atomic mass is 9.86. The number of ether oxygens (including phenoxy) is 2. The minimum atomic E-state index is 0.0668. The number of anilines is 1. The highest BCUT2D eigenvalue weighted by molar-refractivity contribution is 5.81. The molecule has 132 valence electrons. The molecule has 0 bridgehead atoms. The second-order valence-corrected chi connectivity index (χ2v) is 6.92. The summed E-state index contributed by atoms with van der Waals surface area (Å²) in [6.45, 7) is 3.98. The van der Waals surface area contributed by atoms with Crippen molar-refractivity contribution < 1.29 is 14.3 Å². The first kappa shape index (κ1) is 17.1. The molecule has 0 spiro atoms. The molecule has 1 aliphatic carbocycles. The highest BCUT2D eigenvalue weighted by Gasteiger charge is 2.22. The maximum atomic E-state index is 12.1. The van der Waals surface area contributed by atoms with E-state index < -0.39 is 0 Å². The summed E-state index contributed by atoms with van der Waals surface area (Å²) in [7, 11) is 0. The van der Waals surface area contributed by atoms with Gasteiger partial charge in [0.15, 0.2) is 0 Å². The topological polar surface area (TPSA) is 59.6 Å². The number of hydrogen-bond acceptors (Lipinski definition) is 4. The van der Waals surface area contributed by atoms with Gasteiger partial charge in [0.2, 0.25) is 5.91 Å². The highest BCUT2D eigenvalue weighted by atomic mass is 16.5. The first-order valence-electron chi connectivity index (χ1n) is 9.08. The van der Waals surface area contributed by atoms with Gasteiger partial charge in [-0.3, -0.25) is 4.79 Å². The summed E-state index contributed by atoms with van der Waals surface area (Å²) >= 11 is 0. The molecule has 5 nitrogen and oxygen atoms in total. The molecule has 0 unspecified atom stereocenters. The molecule has 1 heterocycles. The molecule has 0 radical (unpaired) electrons. The van der Waals surface area contributed by atoms with Crippen LogP contribution in [0, 0.1) is 5.92 Å². The quantitative estimate of drug-likeness (QED) is 0.841. The van der Waals surface area contributed by atoms with Crippen LogP contribution in [0.1, 0.15) is 39.0 Å². The van der Waals surface area contributed by atoms with Crippen molar-refractivity contribution in [2.75, 3.05) is 25.1 Å². The summed E-state index contributed by atoms with van der Waals surface area (Å²) in [4.78, 5) is 12.1. The van der Waals surface area contributed by atoms with Gasteiger partial charge in [-0.1, -0.05) is 19.8 Å². The van der Waals surface area contributed by atoms with Gasteiger partial charge in [-0.25, -0.2) is 0 Å². The van der Waals surface area contributed by atoms with Gasteiger partial charge in [-0.05, 0) is 43.0 Å². The first-order chi connectivity index (χ1) is 11.7. The van der Waals surface area contributed by atoms with Crippen LogP contribution in [0.25, 0.3) is 0 Å². The van der Waals surface area contributed by atoms with Crippen molar-refractivity contribution in [3.63, 3.8) is 0 Å². The lowest BCUT2D eigenvalue weighted by molar-refractivity contribution is -0.120. The Morgan fingerprint density at radius 1 is 1.21 bits per heavy atom. The van der Waals surface area contributed by atoms with Crippen molar-refractivity contribution in [1.82, 2.24) is 5.32 Å². The van der Waals surface area contributed by atoms with Crippen molar-refractivity contribution in [3.05, 3.63) is 24.3 Å². The number of rotatable bonds is 6. The van der Waals surface area contributed by atoms with Crippen LogP contribution in [0.4, 0.5) is 5.69 Å². The fourth-order valence-corrected chi connectivity index (χ4v) is 3.42. The molecule has 1 aromatic carbocycles. The van der Waals surface area contributed by atoms with Crippen LogP contribution >= 0.6 is 0 Å². The summed E-state index contributed by atoms with van der Waals surface area (Å²) < 4.78 is 11.1. The van der Waals surface area contributed by atoms with Gasteiger partial charge >= 0.3 is 0 Å². The van der Waals surface area contributed by atoms with Gasteiger partial charge in [0.05, 0.1) is 19.8 Å². The predicted octanol–water partition coefficient (Wildman–Crippen LogP) is 2.96. The molecule has 3 atom stereocenters. The second kappa shape index (κ2) is 8.38. The van der Waals surface area contributed by atoms with Gasteiger partial charge in [-0.2, -0.15) is 0 Å². The van der Waals surface area contributed by atoms with E-state index in [4.69, 9.17) is 9.47 Å². The summed E-state index contributed by atoms with van der Waals surface area (Å²) in [5, 5.41) is 6.34. The average Bonchev–Trinajstić information content (AvgIpc) is 3.09. The van der Waals surface area contributed by atoms with Crippen LogP contribution in [0.3, 0.4) is 0 Å². The molecule has 1 aromatic rings. The Bertz CT molecular complexity index is 526. The minimum absolute atomic E-state index is 0.0668. The van der Waals surface area contributed by atoms with E-state index in [1.807, 2.05) is 24.3 Å². The highest BCUT2D eigenvalue weighted by Crippen LogP contribution is 2.23. The number of hydrogen-bond donors (Lipinski definition) is 2. The number of benzene rings is 1. The fourth-order valence-electron chi connectivity index (χ4n) is 3.42. The third kappa shape index (κ3) is 4.87. The lowest BCUT2D eigenvalue weighted by Crippen LogP contribution is -2.43. The van der Waals surface area contributed by atoms with Crippen molar-refractivity contribution in [2.45, 2.75) is 51.2 Å².